The topological polar surface area (TPSA) is 47.3 Å². The van der Waals surface area contributed by atoms with Crippen LogP contribution in [0.2, 0.25) is 0 Å². The summed E-state index contributed by atoms with van der Waals surface area (Å²) in [5.41, 5.74) is 2.09. The highest BCUT2D eigenvalue weighted by molar-refractivity contribution is 5.29. The lowest BCUT2D eigenvalue weighted by atomic mass is 9.82. The van der Waals surface area contributed by atoms with Gasteiger partial charge in [-0.3, -0.25) is 11.3 Å². The first-order valence-corrected chi connectivity index (χ1v) is 6.86. The Morgan fingerprint density at radius 1 is 1.24 bits per heavy atom. The molecule has 0 saturated carbocycles. The van der Waals surface area contributed by atoms with Gasteiger partial charge < -0.3 is 4.74 Å². The summed E-state index contributed by atoms with van der Waals surface area (Å²) in [5.74, 6) is 5.58. The molecule has 2 unspecified atom stereocenters. The van der Waals surface area contributed by atoms with Gasteiger partial charge in [-0.2, -0.15) is 13.2 Å². The summed E-state index contributed by atoms with van der Waals surface area (Å²) in [7, 11) is 0. The molecule has 0 aromatic heterocycles. The molecule has 0 aliphatic rings. The first-order valence-electron chi connectivity index (χ1n) is 6.86. The fourth-order valence-corrected chi connectivity index (χ4v) is 2.29. The van der Waals surface area contributed by atoms with Crippen LogP contribution >= 0.6 is 0 Å². The zero-order valence-corrected chi connectivity index (χ0v) is 12.8. The van der Waals surface area contributed by atoms with Gasteiger partial charge in [-0.1, -0.05) is 32.9 Å². The van der Waals surface area contributed by atoms with Crippen molar-refractivity contribution in [1.29, 1.82) is 0 Å². The largest absolute Gasteiger partial charge is 0.416 e. The number of nitrogens with two attached hydrogens (primary N) is 1. The first kappa shape index (κ1) is 17.9. The van der Waals surface area contributed by atoms with Crippen LogP contribution in [0.15, 0.2) is 24.3 Å². The smallest absolute Gasteiger partial charge is 0.376 e. The highest BCUT2D eigenvalue weighted by atomic mass is 19.4. The van der Waals surface area contributed by atoms with Gasteiger partial charge in [-0.05, 0) is 30.0 Å². The molecule has 1 rings (SSSR count). The van der Waals surface area contributed by atoms with E-state index < -0.39 is 17.8 Å². The lowest BCUT2D eigenvalue weighted by Crippen LogP contribution is -2.44. The van der Waals surface area contributed by atoms with E-state index in [1.165, 1.54) is 6.07 Å². The van der Waals surface area contributed by atoms with Crippen molar-refractivity contribution in [1.82, 2.24) is 5.43 Å². The van der Waals surface area contributed by atoms with E-state index in [9.17, 15) is 13.2 Å². The maximum absolute atomic E-state index is 12.8. The molecule has 0 aliphatic carbocycles. The van der Waals surface area contributed by atoms with Crippen LogP contribution in [0.4, 0.5) is 13.2 Å². The number of hydrogen-bond acceptors (Lipinski definition) is 3. The third-order valence-electron chi connectivity index (χ3n) is 3.26. The Balaban J connectivity index is 3.20. The second-order valence-corrected chi connectivity index (χ2v) is 6.01. The number of benzene rings is 1. The van der Waals surface area contributed by atoms with Crippen molar-refractivity contribution in [3.05, 3.63) is 35.4 Å². The number of hydrogen-bond donors (Lipinski definition) is 2. The van der Waals surface area contributed by atoms with Crippen molar-refractivity contribution in [3.8, 4) is 0 Å². The zero-order chi connectivity index (χ0) is 16.3. The molecule has 1 aromatic rings. The van der Waals surface area contributed by atoms with Crippen LogP contribution in [0.1, 0.15) is 44.9 Å². The quantitative estimate of drug-likeness (QED) is 0.644. The number of rotatable bonds is 5. The van der Waals surface area contributed by atoms with E-state index >= 15 is 0 Å². The van der Waals surface area contributed by atoms with Gasteiger partial charge in [0.1, 0.15) is 0 Å². The fraction of sp³-hybridized carbons (Fsp3) is 0.600. The van der Waals surface area contributed by atoms with Gasteiger partial charge in [-0.25, -0.2) is 0 Å². The van der Waals surface area contributed by atoms with Crippen LogP contribution in [-0.2, 0) is 10.9 Å². The Morgan fingerprint density at radius 3 is 2.29 bits per heavy atom. The normalized spacial score (nSPS) is 15.8. The van der Waals surface area contributed by atoms with Gasteiger partial charge in [0, 0.05) is 6.61 Å². The molecule has 1 aromatic carbocycles. The minimum Gasteiger partial charge on any atom is -0.376 e. The van der Waals surface area contributed by atoms with Gasteiger partial charge in [0.2, 0.25) is 0 Å². The van der Waals surface area contributed by atoms with Crippen molar-refractivity contribution in [2.45, 2.75) is 46.0 Å². The molecule has 0 saturated heterocycles. The lowest BCUT2D eigenvalue weighted by Gasteiger charge is -2.36. The molecular formula is C15H23F3N2O. The Hall–Kier alpha value is -1.11. The standard InChI is InChI=1S/C15H23F3N2O/c1-5-21-13(14(2,3)4)12(20-19)10-7-6-8-11(9-10)15(16,17)18/h6-9,12-13,20H,5,19H2,1-4H3. The monoisotopic (exact) mass is 304 g/mol. The Morgan fingerprint density at radius 2 is 1.86 bits per heavy atom. The number of nitrogens with one attached hydrogen (secondary N) is 1. The predicted molar refractivity (Wildman–Crippen MR) is 76.4 cm³/mol. The van der Waals surface area contributed by atoms with E-state index in [0.717, 1.165) is 12.1 Å². The third kappa shape index (κ3) is 4.69. The number of ether oxygens (including phenoxy) is 1. The van der Waals surface area contributed by atoms with E-state index in [2.05, 4.69) is 5.43 Å². The lowest BCUT2D eigenvalue weighted by molar-refractivity contribution is -0.137. The molecule has 0 fully saturated rings. The van der Waals surface area contributed by atoms with E-state index in [1.54, 1.807) is 6.07 Å². The molecule has 0 bridgehead atoms. The summed E-state index contributed by atoms with van der Waals surface area (Å²) in [6, 6.07) is 4.64. The maximum atomic E-state index is 12.8. The van der Waals surface area contributed by atoms with E-state index in [-0.39, 0.29) is 11.5 Å². The van der Waals surface area contributed by atoms with Crippen LogP contribution in [0.5, 0.6) is 0 Å². The molecule has 21 heavy (non-hydrogen) atoms. The molecule has 0 aliphatic heterocycles. The predicted octanol–water partition coefficient (Wildman–Crippen LogP) is 3.66. The van der Waals surface area contributed by atoms with E-state index in [0.29, 0.717) is 12.2 Å². The summed E-state index contributed by atoms with van der Waals surface area (Å²) in [5, 5.41) is 0. The molecule has 0 heterocycles. The molecular weight excluding hydrogens is 281 g/mol. The van der Waals surface area contributed by atoms with Gasteiger partial charge in [0.25, 0.3) is 0 Å². The number of halogens is 3. The average molecular weight is 304 g/mol. The summed E-state index contributed by atoms with van der Waals surface area (Å²) in [6.07, 6.45) is -4.73. The van der Waals surface area contributed by atoms with Crippen molar-refractivity contribution >= 4 is 0 Å². The molecule has 0 spiro atoms. The van der Waals surface area contributed by atoms with E-state index in [1.807, 2.05) is 27.7 Å². The molecule has 2 atom stereocenters. The minimum atomic E-state index is -4.38. The zero-order valence-electron chi connectivity index (χ0n) is 12.8. The first-order chi connectivity index (χ1) is 9.61. The van der Waals surface area contributed by atoms with Gasteiger partial charge in [-0.15, -0.1) is 0 Å². The van der Waals surface area contributed by atoms with Crippen LogP contribution < -0.4 is 11.3 Å². The second-order valence-electron chi connectivity index (χ2n) is 6.01. The molecule has 120 valence electrons. The minimum absolute atomic E-state index is 0.277. The average Bonchev–Trinajstić information content (AvgIpc) is 2.37. The molecule has 3 N–H and O–H groups in total. The Bertz CT molecular complexity index is 455. The fourth-order valence-electron chi connectivity index (χ4n) is 2.29. The second kappa shape index (κ2) is 6.77. The summed E-state index contributed by atoms with van der Waals surface area (Å²) < 4.78 is 44.2. The SMILES string of the molecule is CCOC(C(NN)c1cccc(C(F)(F)F)c1)C(C)(C)C. The summed E-state index contributed by atoms with van der Waals surface area (Å²) in [4.78, 5) is 0. The summed E-state index contributed by atoms with van der Waals surface area (Å²) in [6.45, 7) is 8.19. The molecule has 0 radical (unpaired) electrons. The Labute approximate surface area is 123 Å². The van der Waals surface area contributed by atoms with Crippen molar-refractivity contribution in [3.63, 3.8) is 0 Å². The van der Waals surface area contributed by atoms with Crippen LogP contribution in [0, 0.1) is 5.41 Å². The van der Waals surface area contributed by atoms with Gasteiger partial charge >= 0.3 is 6.18 Å². The molecule has 6 heteroatoms. The Kier molecular flexibility index (Phi) is 5.78. The number of alkyl halides is 3. The number of hydrazine groups is 1. The van der Waals surface area contributed by atoms with Crippen LogP contribution in [0.25, 0.3) is 0 Å². The van der Waals surface area contributed by atoms with Crippen molar-refractivity contribution in [2.75, 3.05) is 6.61 Å². The van der Waals surface area contributed by atoms with Crippen molar-refractivity contribution in [2.24, 2.45) is 11.3 Å². The van der Waals surface area contributed by atoms with E-state index in [4.69, 9.17) is 10.6 Å². The highest BCUT2D eigenvalue weighted by Gasteiger charge is 2.35. The molecule has 0 amide bonds. The van der Waals surface area contributed by atoms with Gasteiger partial charge in [0.05, 0.1) is 17.7 Å². The summed E-state index contributed by atoms with van der Waals surface area (Å²) >= 11 is 0. The molecule has 3 nitrogen and oxygen atoms in total. The highest BCUT2D eigenvalue weighted by Crippen LogP contribution is 2.35. The maximum Gasteiger partial charge on any atom is 0.416 e. The van der Waals surface area contributed by atoms with Crippen molar-refractivity contribution < 1.29 is 17.9 Å². The van der Waals surface area contributed by atoms with Crippen LogP contribution in [-0.4, -0.2) is 12.7 Å². The van der Waals surface area contributed by atoms with Crippen LogP contribution in [0.3, 0.4) is 0 Å². The third-order valence-corrected chi connectivity index (χ3v) is 3.26. The van der Waals surface area contributed by atoms with Gasteiger partial charge in [0.15, 0.2) is 0 Å².